The molecule has 0 spiro atoms. The Morgan fingerprint density at radius 3 is 2.46 bits per heavy atom. The molecule has 0 radical (unpaired) electrons. The molecule has 146 valence electrons. The number of hydrogen-bond acceptors (Lipinski definition) is 3. The molecule has 4 nitrogen and oxygen atoms in total. The van der Waals surface area contributed by atoms with E-state index in [0.29, 0.717) is 33.1 Å². The summed E-state index contributed by atoms with van der Waals surface area (Å²) in [6.45, 7) is 2.68. The molecule has 0 aromatic heterocycles. The van der Waals surface area contributed by atoms with Crippen molar-refractivity contribution in [1.29, 1.82) is 0 Å². The second-order valence-corrected chi connectivity index (χ2v) is 8.81. The molecule has 1 aliphatic heterocycles. The highest BCUT2D eigenvalue weighted by Crippen LogP contribution is 2.36. The van der Waals surface area contributed by atoms with E-state index < -0.39 is 0 Å². The molecule has 28 heavy (non-hydrogen) atoms. The Hall–Kier alpha value is -1.12. The van der Waals surface area contributed by atoms with Crippen LogP contribution in [-0.4, -0.2) is 22.5 Å². The molecule has 1 aliphatic rings. The van der Waals surface area contributed by atoms with Crippen LogP contribution in [0.2, 0.25) is 10.0 Å². The minimum absolute atomic E-state index is 0.141. The topological polar surface area (TPSA) is 41.6 Å². The van der Waals surface area contributed by atoms with Gasteiger partial charge in [0.25, 0.3) is 5.91 Å². The SMILES string of the molecule is CCN1C(=O)/C(=C/c2cc(Br)c(OCc3ccc(Cl)cc3Cl)c(Br)c2)NC1=S. The molecule has 2 aromatic carbocycles. The lowest BCUT2D eigenvalue weighted by molar-refractivity contribution is -0.122. The van der Waals surface area contributed by atoms with E-state index in [1.165, 1.54) is 4.90 Å². The van der Waals surface area contributed by atoms with Crippen LogP contribution in [0.4, 0.5) is 0 Å². The van der Waals surface area contributed by atoms with Gasteiger partial charge in [-0.1, -0.05) is 29.3 Å². The Morgan fingerprint density at radius 2 is 1.89 bits per heavy atom. The number of hydrogen-bond donors (Lipinski definition) is 1. The zero-order valence-electron chi connectivity index (χ0n) is 14.6. The highest BCUT2D eigenvalue weighted by molar-refractivity contribution is 9.11. The summed E-state index contributed by atoms with van der Waals surface area (Å²) in [5, 5.41) is 4.48. The fourth-order valence-electron chi connectivity index (χ4n) is 2.61. The Bertz CT molecular complexity index is 975. The molecule has 1 fully saturated rings. The molecule has 0 atom stereocenters. The summed E-state index contributed by atoms with van der Waals surface area (Å²) in [6.07, 6.45) is 1.75. The molecule has 1 saturated heterocycles. The zero-order chi connectivity index (χ0) is 20.4. The van der Waals surface area contributed by atoms with Crippen molar-refractivity contribution in [2.24, 2.45) is 0 Å². The lowest BCUT2D eigenvalue weighted by atomic mass is 10.2. The highest BCUT2D eigenvalue weighted by Gasteiger charge is 2.29. The first-order valence-corrected chi connectivity index (χ1v) is 11.0. The van der Waals surface area contributed by atoms with Crippen molar-refractivity contribution < 1.29 is 9.53 Å². The summed E-state index contributed by atoms with van der Waals surface area (Å²) in [6, 6.07) is 9.00. The van der Waals surface area contributed by atoms with Crippen molar-refractivity contribution in [3.05, 3.63) is 66.1 Å². The smallest absolute Gasteiger partial charge is 0.276 e. The molecule has 0 aliphatic carbocycles. The van der Waals surface area contributed by atoms with Crippen LogP contribution in [0.15, 0.2) is 45.0 Å². The van der Waals surface area contributed by atoms with Gasteiger partial charge in [-0.25, -0.2) is 0 Å². The molecule has 9 heteroatoms. The van der Waals surface area contributed by atoms with E-state index in [2.05, 4.69) is 37.2 Å². The maximum atomic E-state index is 12.3. The van der Waals surface area contributed by atoms with Crippen molar-refractivity contribution in [3.63, 3.8) is 0 Å². The monoisotopic (exact) mass is 562 g/mol. The zero-order valence-corrected chi connectivity index (χ0v) is 20.1. The van der Waals surface area contributed by atoms with Gasteiger partial charge in [-0.2, -0.15) is 0 Å². The molecular weight excluding hydrogens is 551 g/mol. The molecule has 1 N–H and O–H groups in total. The van der Waals surface area contributed by atoms with Gasteiger partial charge in [0.05, 0.1) is 8.95 Å². The van der Waals surface area contributed by atoms with Gasteiger partial charge in [-0.3, -0.25) is 9.69 Å². The third kappa shape index (κ3) is 4.71. The molecule has 0 bridgehead atoms. The summed E-state index contributed by atoms with van der Waals surface area (Å²) in [4.78, 5) is 13.9. The van der Waals surface area contributed by atoms with Gasteiger partial charge in [-0.15, -0.1) is 0 Å². The quantitative estimate of drug-likeness (QED) is 0.348. The summed E-state index contributed by atoms with van der Waals surface area (Å²) < 4.78 is 7.39. The minimum Gasteiger partial charge on any atom is -0.486 e. The fourth-order valence-corrected chi connectivity index (χ4v) is 4.85. The molecule has 2 aromatic rings. The summed E-state index contributed by atoms with van der Waals surface area (Å²) >= 11 is 24.3. The van der Waals surface area contributed by atoms with Crippen LogP contribution in [0.1, 0.15) is 18.1 Å². The number of ether oxygens (including phenoxy) is 1. The van der Waals surface area contributed by atoms with Crippen LogP contribution in [0.25, 0.3) is 6.08 Å². The van der Waals surface area contributed by atoms with Gasteiger partial charge in [0.2, 0.25) is 0 Å². The van der Waals surface area contributed by atoms with E-state index in [1.807, 2.05) is 25.1 Å². The standard InChI is InChI=1S/C19H14Br2Cl2N2O2S/c1-2-25-18(26)16(24-19(25)28)7-10-5-13(20)17(14(21)6-10)27-9-11-3-4-12(22)8-15(11)23/h3-8H,2,9H2,1H3,(H,24,28)/b16-7-. The number of benzene rings is 2. The van der Waals surface area contributed by atoms with Gasteiger partial charge >= 0.3 is 0 Å². The molecule has 0 unspecified atom stereocenters. The maximum absolute atomic E-state index is 12.3. The van der Waals surface area contributed by atoms with Crippen LogP contribution in [-0.2, 0) is 11.4 Å². The lowest BCUT2D eigenvalue weighted by Crippen LogP contribution is -2.30. The van der Waals surface area contributed by atoms with Crippen LogP contribution in [0.5, 0.6) is 5.75 Å². The van der Waals surface area contributed by atoms with Gasteiger partial charge < -0.3 is 10.1 Å². The number of halogens is 4. The summed E-state index contributed by atoms with van der Waals surface area (Å²) in [7, 11) is 0. The third-order valence-electron chi connectivity index (χ3n) is 4.00. The number of carbonyl (C=O) groups is 1. The van der Waals surface area contributed by atoms with Crippen LogP contribution >= 0.6 is 67.3 Å². The van der Waals surface area contributed by atoms with Crippen LogP contribution in [0.3, 0.4) is 0 Å². The Labute approximate surface area is 195 Å². The maximum Gasteiger partial charge on any atom is 0.276 e. The van der Waals surface area contributed by atoms with Gasteiger partial charge in [0, 0.05) is 22.2 Å². The highest BCUT2D eigenvalue weighted by atomic mass is 79.9. The fraction of sp³-hybridized carbons (Fsp3) is 0.158. The first-order valence-electron chi connectivity index (χ1n) is 8.20. The summed E-state index contributed by atoms with van der Waals surface area (Å²) in [5.74, 6) is 0.488. The Kier molecular flexibility index (Phi) is 7.04. The molecule has 0 saturated carbocycles. The number of nitrogens with zero attached hydrogens (tertiary/aromatic N) is 1. The average molecular weight is 565 g/mol. The molecule has 1 amide bonds. The number of carbonyl (C=O) groups excluding carboxylic acids is 1. The van der Waals surface area contributed by atoms with Crippen molar-refractivity contribution in [3.8, 4) is 5.75 Å². The van der Waals surface area contributed by atoms with Crippen LogP contribution < -0.4 is 10.1 Å². The van der Waals surface area contributed by atoms with E-state index in [1.54, 1.807) is 18.2 Å². The van der Waals surface area contributed by atoms with Gasteiger partial charge in [0.1, 0.15) is 18.1 Å². The first kappa shape index (κ1) is 21.6. The molecular formula is C19H14Br2Cl2N2O2S. The predicted octanol–water partition coefficient (Wildman–Crippen LogP) is 6.17. The van der Waals surface area contributed by atoms with E-state index in [4.69, 9.17) is 40.2 Å². The Balaban J connectivity index is 1.80. The molecule has 1 heterocycles. The van der Waals surface area contributed by atoms with E-state index >= 15 is 0 Å². The molecule has 3 rings (SSSR count). The predicted molar refractivity (Wildman–Crippen MR) is 124 cm³/mol. The van der Waals surface area contributed by atoms with Crippen LogP contribution in [0, 0.1) is 0 Å². The summed E-state index contributed by atoms with van der Waals surface area (Å²) in [5.41, 5.74) is 2.07. The van der Waals surface area contributed by atoms with Gasteiger partial charge in [-0.05, 0) is 86.9 Å². The number of nitrogens with one attached hydrogen (secondary N) is 1. The van der Waals surface area contributed by atoms with Crippen molar-refractivity contribution in [1.82, 2.24) is 10.2 Å². The van der Waals surface area contributed by atoms with E-state index in [9.17, 15) is 4.79 Å². The van der Waals surface area contributed by atoms with Crippen molar-refractivity contribution in [2.75, 3.05) is 6.54 Å². The van der Waals surface area contributed by atoms with Crippen molar-refractivity contribution in [2.45, 2.75) is 13.5 Å². The second-order valence-electron chi connectivity index (χ2n) is 5.88. The van der Waals surface area contributed by atoms with E-state index in [0.717, 1.165) is 20.1 Å². The second kappa shape index (κ2) is 9.13. The number of amides is 1. The van der Waals surface area contributed by atoms with Crippen molar-refractivity contribution >= 4 is 84.4 Å². The van der Waals surface area contributed by atoms with E-state index in [-0.39, 0.29) is 12.5 Å². The first-order chi connectivity index (χ1) is 13.3. The number of likely N-dealkylation sites (N-methyl/N-ethyl adjacent to an activating group) is 1. The Morgan fingerprint density at radius 1 is 1.21 bits per heavy atom. The largest absolute Gasteiger partial charge is 0.486 e. The minimum atomic E-state index is -0.141. The normalized spacial score (nSPS) is 15.3. The number of thiocarbonyl (C=S) groups is 1. The third-order valence-corrected chi connectivity index (χ3v) is 6.08. The lowest BCUT2D eigenvalue weighted by Gasteiger charge is -2.12. The average Bonchev–Trinajstić information content (AvgIpc) is 2.88. The van der Waals surface area contributed by atoms with Gasteiger partial charge in [0.15, 0.2) is 5.11 Å². The number of rotatable bonds is 5.